The molecule has 0 saturated heterocycles. The molecular weight excluding hydrogens is 373 g/mol. The summed E-state index contributed by atoms with van der Waals surface area (Å²) in [5.41, 5.74) is 2.40. The van der Waals surface area contributed by atoms with E-state index < -0.39 is 0 Å². The Morgan fingerprint density at radius 2 is 1.81 bits per heavy atom. The number of alkyl halides is 1. The van der Waals surface area contributed by atoms with Crippen molar-refractivity contribution in [1.29, 1.82) is 0 Å². The van der Waals surface area contributed by atoms with E-state index in [9.17, 15) is 4.79 Å². The number of hydrogen-bond acceptors (Lipinski definition) is 1. The third-order valence-electron chi connectivity index (χ3n) is 2.91. The van der Waals surface area contributed by atoms with Gasteiger partial charge in [0.25, 0.3) is 5.91 Å². The molecule has 2 nitrogen and oxygen atoms in total. The van der Waals surface area contributed by atoms with E-state index in [4.69, 9.17) is 23.2 Å². The van der Waals surface area contributed by atoms with E-state index in [1.807, 2.05) is 18.2 Å². The van der Waals surface area contributed by atoms with Crippen molar-refractivity contribution in [2.24, 2.45) is 0 Å². The first-order valence-corrected chi connectivity index (χ1v) is 8.38. The zero-order valence-electron chi connectivity index (χ0n) is 11.2. The molecule has 0 aliphatic heterocycles. The molecule has 1 amide bonds. The molecule has 5 heteroatoms. The number of halogens is 3. The van der Waals surface area contributed by atoms with Crippen LogP contribution >= 0.6 is 39.1 Å². The molecule has 0 heterocycles. The van der Waals surface area contributed by atoms with Crippen molar-refractivity contribution in [3.8, 4) is 0 Å². The first-order chi connectivity index (χ1) is 10.1. The van der Waals surface area contributed by atoms with E-state index in [-0.39, 0.29) is 5.91 Å². The van der Waals surface area contributed by atoms with Crippen LogP contribution < -0.4 is 5.32 Å². The van der Waals surface area contributed by atoms with Gasteiger partial charge in [-0.15, -0.1) is 0 Å². The van der Waals surface area contributed by atoms with Gasteiger partial charge in [0.15, 0.2) is 0 Å². The zero-order chi connectivity index (χ0) is 15.2. The Labute approximate surface area is 142 Å². The first-order valence-electron chi connectivity index (χ1n) is 6.51. The molecule has 0 unspecified atom stereocenters. The number of nitrogens with one attached hydrogen (secondary N) is 1. The van der Waals surface area contributed by atoms with E-state index in [1.54, 1.807) is 18.2 Å². The number of rotatable bonds is 5. The van der Waals surface area contributed by atoms with Gasteiger partial charge >= 0.3 is 0 Å². The van der Waals surface area contributed by atoms with Crippen LogP contribution in [-0.4, -0.2) is 11.2 Å². The third-order valence-corrected chi connectivity index (χ3v) is 3.91. The van der Waals surface area contributed by atoms with Crippen molar-refractivity contribution >= 4 is 50.7 Å². The van der Waals surface area contributed by atoms with Crippen LogP contribution in [0.25, 0.3) is 0 Å². The minimum atomic E-state index is -0.225. The van der Waals surface area contributed by atoms with Crippen molar-refractivity contribution < 1.29 is 4.79 Å². The molecule has 0 aliphatic rings. The lowest BCUT2D eigenvalue weighted by Gasteiger charge is -2.08. The Morgan fingerprint density at radius 1 is 1.10 bits per heavy atom. The summed E-state index contributed by atoms with van der Waals surface area (Å²) >= 11 is 15.2. The molecule has 2 aromatic carbocycles. The standard InChI is InChI=1S/C16H14BrCl2NO/c17-6-2-4-11-3-1-5-15(7-11)20-16(21)12-8-13(18)10-14(19)9-12/h1,3,5,7-10H,2,4,6H2,(H,20,21). The Balaban J connectivity index is 2.11. The van der Waals surface area contributed by atoms with Crippen LogP contribution in [0.2, 0.25) is 10.0 Å². The summed E-state index contributed by atoms with van der Waals surface area (Å²) in [6.07, 6.45) is 2.03. The fourth-order valence-corrected chi connectivity index (χ4v) is 2.77. The summed E-state index contributed by atoms with van der Waals surface area (Å²) in [4.78, 5) is 12.2. The highest BCUT2D eigenvalue weighted by molar-refractivity contribution is 9.09. The van der Waals surface area contributed by atoms with Gasteiger partial charge in [0.05, 0.1) is 0 Å². The predicted molar refractivity (Wildman–Crippen MR) is 93.0 cm³/mol. The summed E-state index contributed by atoms with van der Waals surface area (Å²) in [6, 6.07) is 12.6. The minimum Gasteiger partial charge on any atom is -0.322 e. The highest BCUT2D eigenvalue weighted by Gasteiger charge is 2.08. The van der Waals surface area contributed by atoms with Crippen molar-refractivity contribution in [3.63, 3.8) is 0 Å². The summed E-state index contributed by atoms with van der Waals surface area (Å²) in [6.45, 7) is 0. The average molecular weight is 387 g/mol. The Kier molecular flexibility index (Phi) is 6.09. The van der Waals surface area contributed by atoms with Crippen LogP contribution in [-0.2, 0) is 6.42 Å². The first kappa shape index (κ1) is 16.3. The summed E-state index contributed by atoms with van der Waals surface area (Å²) in [5.74, 6) is -0.225. The molecule has 110 valence electrons. The van der Waals surface area contributed by atoms with Crippen molar-refractivity contribution in [2.75, 3.05) is 10.6 Å². The third kappa shape index (κ3) is 5.03. The normalized spacial score (nSPS) is 10.4. The number of carbonyl (C=O) groups excluding carboxylic acids is 1. The zero-order valence-corrected chi connectivity index (χ0v) is 14.3. The van der Waals surface area contributed by atoms with Gasteiger partial charge in [-0.25, -0.2) is 0 Å². The van der Waals surface area contributed by atoms with Crippen LogP contribution in [0.3, 0.4) is 0 Å². The average Bonchev–Trinajstić information content (AvgIpc) is 2.44. The number of hydrogen-bond donors (Lipinski definition) is 1. The molecule has 21 heavy (non-hydrogen) atoms. The van der Waals surface area contributed by atoms with Crippen molar-refractivity contribution in [1.82, 2.24) is 0 Å². The van der Waals surface area contributed by atoms with Gasteiger partial charge < -0.3 is 5.32 Å². The van der Waals surface area contributed by atoms with Gasteiger partial charge in [-0.2, -0.15) is 0 Å². The van der Waals surface area contributed by atoms with Crippen LogP contribution in [0.15, 0.2) is 42.5 Å². The molecule has 0 spiro atoms. The lowest BCUT2D eigenvalue weighted by Crippen LogP contribution is -2.12. The number of anilines is 1. The van der Waals surface area contributed by atoms with E-state index >= 15 is 0 Å². The Bertz CT molecular complexity index is 626. The fourth-order valence-electron chi connectivity index (χ4n) is 1.96. The quantitative estimate of drug-likeness (QED) is 0.668. The maximum absolute atomic E-state index is 12.2. The largest absolute Gasteiger partial charge is 0.322 e. The molecule has 2 rings (SSSR count). The SMILES string of the molecule is O=C(Nc1cccc(CCCBr)c1)c1cc(Cl)cc(Cl)c1. The number of aryl methyl sites for hydroxylation is 1. The lowest BCUT2D eigenvalue weighted by molar-refractivity contribution is 0.102. The van der Waals surface area contributed by atoms with Gasteiger partial charge in [0.2, 0.25) is 0 Å². The van der Waals surface area contributed by atoms with Gasteiger partial charge in [-0.3, -0.25) is 4.79 Å². The fraction of sp³-hybridized carbons (Fsp3) is 0.188. The van der Waals surface area contributed by atoms with E-state index in [0.29, 0.717) is 15.6 Å². The number of carbonyl (C=O) groups is 1. The number of amides is 1. The summed E-state index contributed by atoms with van der Waals surface area (Å²) in [7, 11) is 0. The summed E-state index contributed by atoms with van der Waals surface area (Å²) in [5, 5.41) is 4.71. The maximum atomic E-state index is 12.2. The molecule has 0 atom stereocenters. The molecule has 0 bridgehead atoms. The van der Waals surface area contributed by atoms with Gasteiger partial charge in [0, 0.05) is 26.6 Å². The van der Waals surface area contributed by atoms with Crippen LogP contribution in [0.5, 0.6) is 0 Å². The predicted octanol–water partition coefficient (Wildman–Crippen LogP) is 5.57. The van der Waals surface area contributed by atoms with Crippen LogP contribution in [0, 0.1) is 0 Å². The monoisotopic (exact) mass is 385 g/mol. The maximum Gasteiger partial charge on any atom is 0.255 e. The van der Waals surface area contributed by atoms with Crippen molar-refractivity contribution in [2.45, 2.75) is 12.8 Å². The second-order valence-electron chi connectivity index (χ2n) is 4.61. The molecule has 2 aromatic rings. The highest BCUT2D eigenvalue weighted by atomic mass is 79.9. The van der Waals surface area contributed by atoms with E-state index in [2.05, 4.69) is 27.3 Å². The lowest BCUT2D eigenvalue weighted by atomic mass is 10.1. The van der Waals surface area contributed by atoms with E-state index in [1.165, 1.54) is 5.56 Å². The second kappa shape index (κ2) is 7.83. The van der Waals surface area contributed by atoms with E-state index in [0.717, 1.165) is 23.9 Å². The Morgan fingerprint density at radius 3 is 2.48 bits per heavy atom. The smallest absolute Gasteiger partial charge is 0.255 e. The van der Waals surface area contributed by atoms with Gasteiger partial charge in [-0.05, 0) is 48.7 Å². The minimum absolute atomic E-state index is 0.225. The van der Waals surface area contributed by atoms with Crippen molar-refractivity contribution in [3.05, 3.63) is 63.6 Å². The van der Waals surface area contributed by atoms with Gasteiger partial charge in [-0.1, -0.05) is 51.3 Å². The molecule has 1 N–H and O–H groups in total. The molecule has 0 saturated carbocycles. The molecule has 0 aliphatic carbocycles. The van der Waals surface area contributed by atoms with Crippen LogP contribution in [0.4, 0.5) is 5.69 Å². The molecule has 0 fully saturated rings. The number of benzene rings is 2. The highest BCUT2D eigenvalue weighted by Crippen LogP contribution is 2.20. The van der Waals surface area contributed by atoms with Gasteiger partial charge in [0.1, 0.15) is 0 Å². The topological polar surface area (TPSA) is 29.1 Å². The molecular formula is C16H14BrCl2NO. The molecule has 0 radical (unpaired) electrons. The van der Waals surface area contributed by atoms with Crippen LogP contribution in [0.1, 0.15) is 22.3 Å². The Hall–Kier alpha value is -1.03. The summed E-state index contributed by atoms with van der Waals surface area (Å²) < 4.78 is 0. The second-order valence-corrected chi connectivity index (χ2v) is 6.27. The molecule has 0 aromatic heterocycles.